The van der Waals surface area contributed by atoms with Crippen LogP contribution in [0.2, 0.25) is 0 Å². The lowest BCUT2D eigenvalue weighted by Gasteiger charge is -2.11. The molecule has 3 aromatic carbocycles. The zero-order valence-corrected chi connectivity index (χ0v) is 14.8. The molecule has 0 fully saturated rings. The Morgan fingerprint density at radius 2 is 1.20 bits per heavy atom. The largest absolute Gasteiger partial charge is 0.458 e. The second-order valence-corrected chi connectivity index (χ2v) is 6.18. The topological polar surface area (TPSA) is 18.5 Å². The molecule has 25 heavy (non-hydrogen) atoms. The van der Waals surface area contributed by atoms with Crippen LogP contribution in [0.3, 0.4) is 0 Å². The van der Waals surface area contributed by atoms with E-state index >= 15 is 0 Å². The molecule has 3 rings (SSSR count). The first-order valence-corrected chi connectivity index (χ1v) is 8.77. The maximum absolute atomic E-state index is 5.68. The van der Waals surface area contributed by atoms with Crippen LogP contribution in [-0.4, -0.2) is 6.79 Å². The van der Waals surface area contributed by atoms with Crippen molar-refractivity contribution in [3.05, 3.63) is 84.4 Å². The highest BCUT2D eigenvalue weighted by atomic mass is 16.7. The number of ether oxygens (including phenoxy) is 2. The van der Waals surface area contributed by atoms with E-state index in [1.165, 1.54) is 16.7 Å². The number of hydrogen-bond donors (Lipinski definition) is 0. The summed E-state index contributed by atoms with van der Waals surface area (Å²) in [6.45, 7) is 4.64. The van der Waals surface area contributed by atoms with E-state index in [-0.39, 0.29) is 6.79 Å². The third kappa shape index (κ3) is 4.63. The molecule has 1 atom stereocenters. The maximum Gasteiger partial charge on any atom is 0.230 e. The summed E-state index contributed by atoms with van der Waals surface area (Å²) in [5.41, 5.74) is 3.72. The van der Waals surface area contributed by atoms with Crippen molar-refractivity contribution in [2.24, 2.45) is 0 Å². The highest BCUT2D eigenvalue weighted by molar-refractivity contribution is 5.63. The average molecular weight is 332 g/mol. The SMILES string of the molecule is CCC(C)c1ccc(OCOc2ccc(-c3ccccc3)cc2)cc1. The second kappa shape index (κ2) is 8.39. The van der Waals surface area contributed by atoms with Crippen LogP contribution in [0.5, 0.6) is 11.5 Å². The van der Waals surface area contributed by atoms with Gasteiger partial charge in [-0.2, -0.15) is 0 Å². The molecular formula is C23H24O2. The molecule has 0 aliphatic heterocycles. The van der Waals surface area contributed by atoms with E-state index in [9.17, 15) is 0 Å². The summed E-state index contributed by atoms with van der Waals surface area (Å²) < 4.78 is 11.3. The lowest BCUT2D eigenvalue weighted by Crippen LogP contribution is -2.05. The quantitative estimate of drug-likeness (QED) is 0.474. The van der Waals surface area contributed by atoms with E-state index in [0.717, 1.165) is 17.9 Å². The van der Waals surface area contributed by atoms with Crippen LogP contribution in [-0.2, 0) is 0 Å². The molecular weight excluding hydrogens is 308 g/mol. The van der Waals surface area contributed by atoms with Crippen molar-refractivity contribution in [2.45, 2.75) is 26.2 Å². The van der Waals surface area contributed by atoms with Crippen LogP contribution >= 0.6 is 0 Å². The summed E-state index contributed by atoms with van der Waals surface area (Å²) in [5.74, 6) is 2.21. The summed E-state index contributed by atoms with van der Waals surface area (Å²) in [6.07, 6.45) is 1.14. The molecule has 1 unspecified atom stereocenters. The van der Waals surface area contributed by atoms with Gasteiger partial charge in [-0.3, -0.25) is 0 Å². The Bertz CT molecular complexity index is 761. The Morgan fingerprint density at radius 1 is 0.680 bits per heavy atom. The summed E-state index contributed by atoms with van der Waals surface area (Å²) >= 11 is 0. The third-order valence-electron chi connectivity index (χ3n) is 4.47. The van der Waals surface area contributed by atoms with Crippen molar-refractivity contribution < 1.29 is 9.47 Å². The van der Waals surface area contributed by atoms with E-state index in [4.69, 9.17) is 9.47 Å². The molecule has 3 aromatic rings. The van der Waals surface area contributed by atoms with Crippen molar-refractivity contribution in [3.8, 4) is 22.6 Å². The molecule has 0 amide bonds. The predicted molar refractivity (Wildman–Crippen MR) is 103 cm³/mol. The summed E-state index contributed by atoms with van der Waals surface area (Å²) in [6, 6.07) is 26.6. The van der Waals surface area contributed by atoms with Crippen molar-refractivity contribution in [2.75, 3.05) is 6.79 Å². The van der Waals surface area contributed by atoms with Gasteiger partial charge in [0.2, 0.25) is 6.79 Å². The fourth-order valence-electron chi connectivity index (χ4n) is 2.67. The van der Waals surface area contributed by atoms with E-state index in [0.29, 0.717) is 5.92 Å². The van der Waals surface area contributed by atoms with Crippen molar-refractivity contribution in [3.63, 3.8) is 0 Å². The molecule has 128 valence electrons. The Kier molecular flexibility index (Phi) is 5.73. The van der Waals surface area contributed by atoms with Gasteiger partial charge in [-0.1, -0.05) is 68.4 Å². The first kappa shape index (κ1) is 17.1. The Balaban J connectivity index is 1.52. The fraction of sp³-hybridized carbons (Fsp3) is 0.217. The van der Waals surface area contributed by atoms with Crippen molar-refractivity contribution >= 4 is 0 Å². The molecule has 0 saturated carbocycles. The Hall–Kier alpha value is -2.74. The minimum absolute atomic E-state index is 0.202. The monoisotopic (exact) mass is 332 g/mol. The molecule has 0 aliphatic rings. The van der Waals surface area contributed by atoms with Gasteiger partial charge in [0.05, 0.1) is 0 Å². The highest BCUT2D eigenvalue weighted by Gasteiger charge is 2.03. The molecule has 0 aromatic heterocycles. The van der Waals surface area contributed by atoms with Gasteiger partial charge < -0.3 is 9.47 Å². The fourth-order valence-corrected chi connectivity index (χ4v) is 2.67. The smallest absolute Gasteiger partial charge is 0.230 e. The summed E-state index contributed by atoms with van der Waals surface area (Å²) in [5, 5.41) is 0. The molecule has 2 nitrogen and oxygen atoms in total. The molecule has 0 radical (unpaired) electrons. The first-order chi connectivity index (χ1) is 12.3. The maximum atomic E-state index is 5.68. The summed E-state index contributed by atoms with van der Waals surface area (Å²) in [4.78, 5) is 0. The Morgan fingerprint density at radius 3 is 1.76 bits per heavy atom. The zero-order chi connectivity index (χ0) is 17.5. The van der Waals surface area contributed by atoms with Crippen molar-refractivity contribution in [1.82, 2.24) is 0 Å². The second-order valence-electron chi connectivity index (χ2n) is 6.18. The van der Waals surface area contributed by atoms with Gasteiger partial charge in [0, 0.05) is 0 Å². The van der Waals surface area contributed by atoms with Gasteiger partial charge in [0.25, 0.3) is 0 Å². The molecule has 0 heterocycles. The van der Waals surface area contributed by atoms with Gasteiger partial charge in [0.1, 0.15) is 11.5 Å². The third-order valence-corrected chi connectivity index (χ3v) is 4.47. The van der Waals surface area contributed by atoms with Crippen LogP contribution in [0.4, 0.5) is 0 Å². The van der Waals surface area contributed by atoms with Crippen LogP contribution < -0.4 is 9.47 Å². The van der Waals surface area contributed by atoms with Crippen molar-refractivity contribution in [1.29, 1.82) is 0 Å². The lowest BCUT2D eigenvalue weighted by atomic mass is 9.99. The minimum atomic E-state index is 0.202. The van der Waals surface area contributed by atoms with Gasteiger partial charge >= 0.3 is 0 Å². The van der Waals surface area contributed by atoms with Gasteiger partial charge in [-0.15, -0.1) is 0 Å². The van der Waals surface area contributed by atoms with Gasteiger partial charge in [0.15, 0.2) is 0 Å². The van der Waals surface area contributed by atoms with Crippen LogP contribution in [0.25, 0.3) is 11.1 Å². The number of benzene rings is 3. The van der Waals surface area contributed by atoms with Crippen LogP contribution in [0, 0.1) is 0 Å². The lowest BCUT2D eigenvalue weighted by molar-refractivity contribution is 0.120. The van der Waals surface area contributed by atoms with Gasteiger partial charge in [-0.25, -0.2) is 0 Å². The average Bonchev–Trinajstić information content (AvgIpc) is 2.69. The van der Waals surface area contributed by atoms with E-state index in [1.54, 1.807) is 0 Å². The first-order valence-electron chi connectivity index (χ1n) is 8.77. The molecule has 0 spiro atoms. The summed E-state index contributed by atoms with van der Waals surface area (Å²) in [7, 11) is 0. The molecule has 0 bridgehead atoms. The van der Waals surface area contributed by atoms with Crippen LogP contribution in [0.1, 0.15) is 31.7 Å². The van der Waals surface area contributed by atoms with E-state index < -0.39 is 0 Å². The van der Waals surface area contributed by atoms with Crippen LogP contribution in [0.15, 0.2) is 78.9 Å². The normalized spacial score (nSPS) is 11.8. The molecule has 0 aliphatic carbocycles. The van der Waals surface area contributed by atoms with E-state index in [2.05, 4.69) is 50.2 Å². The van der Waals surface area contributed by atoms with E-state index in [1.807, 2.05) is 42.5 Å². The number of hydrogen-bond acceptors (Lipinski definition) is 2. The van der Waals surface area contributed by atoms with Gasteiger partial charge in [-0.05, 0) is 53.3 Å². The number of rotatable bonds is 7. The molecule has 0 saturated heterocycles. The molecule has 2 heteroatoms. The molecule has 0 N–H and O–H groups in total. The minimum Gasteiger partial charge on any atom is -0.458 e. The zero-order valence-electron chi connectivity index (χ0n) is 14.8. The standard InChI is InChI=1S/C23H24O2/c1-3-18(2)19-9-13-22(14-10-19)24-17-25-23-15-11-21(12-16-23)20-7-5-4-6-8-20/h4-16,18H,3,17H2,1-2H3. The predicted octanol–water partition coefficient (Wildman–Crippen LogP) is 6.28. The Labute approximate surface area is 150 Å². The highest BCUT2D eigenvalue weighted by Crippen LogP contribution is 2.23.